The van der Waals surface area contributed by atoms with Gasteiger partial charge in [0.05, 0.1) is 24.7 Å². The lowest BCUT2D eigenvalue weighted by atomic mass is 10.1. The molecule has 10 heteroatoms. The van der Waals surface area contributed by atoms with Crippen LogP contribution in [-0.2, 0) is 30.7 Å². The van der Waals surface area contributed by atoms with Crippen molar-refractivity contribution in [2.24, 2.45) is 0 Å². The molecule has 1 aromatic carbocycles. The molecule has 0 saturated carbocycles. The van der Waals surface area contributed by atoms with Crippen molar-refractivity contribution in [3.8, 4) is 0 Å². The van der Waals surface area contributed by atoms with Gasteiger partial charge in [-0.3, -0.25) is 4.79 Å². The van der Waals surface area contributed by atoms with Gasteiger partial charge in [0.15, 0.2) is 0 Å². The van der Waals surface area contributed by atoms with Crippen LogP contribution in [0.5, 0.6) is 0 Å². The normalized spacial score (nSPS) is 18.3. The number of benzene rings is 1. The van der Waals surface area contributed by atoms with Crippen LogP contribution in [-0.4, -0.2) is 93.6 Å². The fourth-order valence-corrected chi connectivity index (χ4v) is 4.93. The van der Waals surface area contributed by atoms with E-state index in [-0.39, 0.29) is 16.9 Å². The first-order chi connectivity index (χ1) is 14.4. The number of morpholine rings is 1. The van der Waals surface area contributed by atoms with Crippen LogP contribution in [0.25, 0.3) is 0 Å². The zero-order valence-corrected chi connectivity index (χ0v) is 18.1. The number of amides is 2. The minimum atomic E-state index is -3.51. The van der Waals surface area contributed by atoms with Crippen LogP contribution >= 0.6 is 0 Å². The third-order valence-corrected chi connectivity index (χ3v) is 7.23. The molecule has 2 heterocycles. The molecule has 0 spiro atoms. The SMILES string of the molecule is CCOC(=O)N1CCN(C(=O)CCc2ccc(S(=O)(=O)N3CCOCC3)cc2)CC1. The Morgan fingerprint density at radius 3 is 2.17 bits per heavy atom. The second-order valence-corrected chi connectivity index (χ2v) is 9.17. The Morgan fingerprint density at radius 1 is 0.967 bits per heavy atom. The van der Waals surface area contributed by atoms with Crippen molar-refractivity contribution in [1.82, 2.24) is 14.1 Å². The van der Waals surface area contributed by atoms with Crippen LogP contribution in [0.1, 0.15) is 18.9 Å². The predicted octanol–water partition coefficient (Wildman–Crippen LogP) is 0.941. The van der Waals surface area contributed by atoms with Crippen LogP contribution in [0, 0.1) is 0 Å². The van der Waals surface area contributed by atoms with E-state index >= 15 is 0 Å². The van der Waals surface area contributed by atoms with Gasteiger partial charge in [0.25, 0.3) is 0 Å². The Morgan fingerprint density at radius 2 is 1.57 bits per heavy atom. The maximum atomic E-state index is 12.7. The fourth-order valence-electron chi connectivity index (χ4n) is 3.53. The number of aryl methyl sites for hydroxylation is 1. The molecular formula is C20H29N3O6S. The molecule has 166 valence electrons. The van der Waals surface area contributed by atoms with Crippen molar-refractivity contribution in [3.05, 3.63) is 29.8 Å². The summed E-state index contributed by atoms with van der Waals surface area (Å²) in [6.45, 7) is 5.58. The second kappa shape index (κ2) is 10.2. The van der Waals surface area contributed by atoms with E-state index in [9.17, 15) is 18.0 Å². The van der Waals surface area contributed by atoms with Gasteiger partial charge in [-0.2, -0.15) is 4.31 Å². The van der Waals surface area contributed by atoms with Crippen LogP contribution in [0.15, 0.2) is 29.2 Å². The first kappa shape index (κ1) is 22.5. The van der Waals surface area contributed by atoms with Gasteiger partial charge in [-0.15, -0.1) is 0 Å². The monoisotopic (exact) mass is 439 g/mol. The van der Waals surface area contributed by atoms with Gasteiger partial charge in [-0.05, 0) is 31.0 Å². The Hall–Kier alpha value is -2.17. The predicted molar refractivity (Wildman–Crippen MR) is 110 cm³/mol. The molecule has 0 N–H and O–H groups in total. The summed E-state index contributed by atoms with van der Waals surface area (Å²) in [5, 5.41) is 0. The van der Waals surface area contributed by atoms with Gasteiger partial charge >= 0.3 is 6.09 Å². The lowest BCUT2D eigenvalue weighted by Crippen LogP contribution is -2.50. The summed E-state index contributed by atoms with van der Waals surface area (Å²) in [4.78, 5) is 27.8. The van der Waals surface area contributed by atoms with Gasteiger partial charge in [0.2, 0.25) is 15.9 Å². The third kappa shape index (κ3) is 5.50. The average Bonchev–Trinajstić information content (AvgIpc) is 2.78. The number of hydrogen-bond donors (Lipinski definition) is 0. The smallest absolute Gasteiger partial charge is 0.409 e. The number of piperazine rings is 1. The van der Waals surface area contributed by atoms with Crippen molar-refractivity contribution < 1.29 is 27.5 Å². The highest BCUT2D eigenvalue weighted by atomic mass is 32.2. The molecule has 2 fully saturated rings. The molecule has 30 heavy (non-hydrogen) atoms. The Bertz CT molecular complexity index is 829. The molecule has 0 radical (unpaired) electrons. The molecule has 9 nitrogen and oxygen atoms in total. The molecule has 0 atom stereocenters. The Balaban J connectivity index is 1.48. The maximum absolute atomic E-state index is 12.7. The highest BCUT2D eigenvalue weighted by Gasteiger charge is 2.27. The van der Waals surface area contributed by atoms with E-state index in [1.54, 1.807) is 41.0 Å². The molecule has 2 aliphatic heterocycles. The number of hydrogen-bond acceptors (Lipinski definition) is 6. The molecule has 1 aromatic rings. The van der Waals surface area contributed by atoms with Crippen LogP contribution in [0.3, 0.4) is 0 Å². The van der Waals surface area contributed by atoms with Crippen molar-refractivity contribution in [1.29, 1.82) is 0 Å². The Kier molecular flexibility index (Phi) is 7.68. The van der Waals surface area contributed by atoms with Crippen LogP contribution < -0.4 is 0 Å². The van der Waals surface area contributed by atoms with Gasteiger partial charge in [0, 0.05) is 45.7 Å². The molecule has 2 aliphatic rings. The van der Waals surface area contributed by atoms with Crippen molar-refractivity contribution >= 4 is 22.0 Å². The molecule has 0 bridgehead atoms. The van der Waals surface area contributed by atoms with Gasteiger partial charge in [-0.25, -0.2) is 13.2 Å². The zero-order chi connectivity index (χ0) is 21.6. The number of carbonyl (C=O) groups is 2. The summed E-state index contributed by atoms with van der Waals surface area (Å²) in [6, 6.07) is 6.73. The molecule has 0 unspecified atom stereocenters. The maximum Gasteiger partial charge on any atom is 0.409 e. The fraction of sp³-hybridized carbons (Fsp3) is 0.600. The molecule has 0 aliphatic carbocycles. The lowest BCUT2D eigenvalue weighted by Gasteiger charge is -2.34. The number of rotatable bonds is 6. The largest absolute Gasteiger partial charge is 0.450 e. The Labute approximate surface area is 177 Å². The second-order valence-electron chi connectivity index (χ2n) is 7.23. The summed E-state index contributed by atoms with van der Waals surface area (Å²) < 4.78 is 37.0. The minimum Gasteiger partial charge on any atom is -0.450 e. The molecular weight excluding hydrogens is 410 g/mol. The molecule has 0 aromatic heterocycles. The summed E-state index contributed by atoms with van der Waals surface area (Å²) in [5.74, 6) is 0.0310. The molecule has 3 rings (SSSR count). The van der Waals surface area contributed by atoms with Gasteiger partial charge < -0.3 is 19.3 Å². The van der Waals surface area contributed by atoms with E-state index in [2.05, 4.69) is 0 Å². The highest BCUT2D eigenvalue weighted by Crippen LogP contribution is 2.18. The summed E-state index contributed by atoms with van der Waals surface area (Å²) in [6.07, 6.45) is 0.542. The minimum absolute atomic E-state index is 0.0310. The zero-order valence-electron chi connectivity index (χ0n) is 17.3. The first-order valence-corrected chi connectivity index (χ1v) is 11.7. The number of nitrogens with zero attached hydrogens (tertiary/aromatic N) is 3. The van der Waals surface area contributed by atoms with E-state index in [0.717, 1.165) is 5.56 Å². The topological polar surface area (TPSA) is 96.5 Å². The summed E-state index contributed by atoms with van der Waals surface area (Å²) in [5.41, 5.74) is 0.912. The van der Waals surface area contributed by atoms with Gasteiger partial charge in [-0.1, -0.05) is 12.1 Å². The van der Waals surface area contributed by atoms with Gasteiger partial charge in [0.1, 0.15) is 0 Å². The van der Waals surface area contributed by atoms with Crippen molar-refractivity contribution in [3.63, 3.8) is 0 Å². The highest BCUT2D eigenvalue weighted by molar-refractivity contribution is 7.89. The summed E-state index contributed by atoms with van der Waals surface area (Å²) >= 11 is 0. The van der Waals surface area contributed by atoms with E-state index in [0.29, 0.717) is 71.9 Å². The molecule has 2 amide bonds. The standard InChI is InChI=1S/C20H29N3O6S/c1-2-29-20(25)22-11-9-21(10-12-22)19(24)8-5-17-3-6-18(7-4-17)30(26,27)23-13-15-28-16-14-23/h3-4,6-7H,2,5,8-16H2,1H3. The van der Waals surface area contributed by atoms with E-state index < -0.39 is 10.0 Å². The van der Waals surface area contributed by atoms with E-state index in [1.165, 1.54) is 4.31 Å². The quantitative estimate of drug-likeness (QED) is 0.655. The van der Waals surface area contributed by atoms with Crippen LogP contribution in [0.4, 0.5) is 4.79 Å². The van der Waals surface area contributed by atoms with Crippen LogP contribution in [0.2, 0.25) is 0 Å². The number of carbonyl (C=O) groups excluding carboxylic acids is 2. The summed E-state index contributed by atoms with van der Waals surface area (Å²) in [7, 11) is -3.51. The van der Waals surface area contributed by atoms with E-state index in [1.807, 2.05) is 0 Å². The number of ether oxygens (including phenoxy) is 2. The number of sulfonamides is 1. The third-order valence-electron chi connectivity index (χ3n) is 5.32. The van der Waals surface area contributed by atoms with Crippen molar-refractivity contribution in [2.45, 2.75) is 24.7 Å². The lowest BCUT2D eigenvalue weighted by molar-refractivity contribution is -0.132. The first-order valence-electron chi connectivity index (χ1n) is 10.3. The van der Waals surface area contributed by atoms with E-state index in [4.69, 9.17) is 9.47 Å². The van der Waals surface area contributed by atoms with Crippen molar-refractivity contribution in [2.75, 3.05) is 59.1 Å². The molecule has 2 saturated heterocycles. The average molecular weight is 440 g/mol.